The number of nitrogens with one attached hydrogen (secondary N) is 2. The number of hydrogen-bond acceptors (Lipinski definition) is 4. The van der Waals surface area contributed by atoms with Crippen LogP contribution in [-0.2, 0) is 11.3 Å². The number of aromatic nitrogens is 4. The molecule has 0 unspecified atom stereocenters. The number of aromatic amines is 1. The third kappa shape index (κ3) is 2.60. The number of carbonyl (C=O) groups excluding carboxylic acids is 1. The van der Waals surface area contributed by atoms with Crippen molar-refractivity contribution in [2.45, 2.75) is 18.9 Å². The van der Waals surface area contributed by atoms with Crippen molar-refractivity contribution >= 4 is 5.91 Å². The quantitative estimate of drug-likeness (QED) is 0.692. The summed E-state index contributed by atoms with van der Waals surface area (Å²) in [6, 6.07) is 0. The van der Waals surface area contributed by atoms with Gasteiger partial charge in [0.05, 0.1) is 6.54 Å². The molecule has 0 atom stereocenters. The van der Waals surface area contributed by atoms with E-state index in [2.05, 4.69) is 15.4 Å². The molecule has 1 amide bonds. The molecule has 84 valence electrons. The van der Waals surface area contributed by atoms with E-state index in [0.717, 1.165) is 0 Å². The van der Waals surface area contributed by atoms with Crippen molar-refractivity contribution in [3.63, 3.8) is 0 Å². The Labute approximate surface area is 80.0 Å². The molecule has 0 aliphatic rings. The van der Waals surface area contributed by atoms with Gasteiger partial charge in [0.2, 0.25) is 0 Å². The molecule has 1 aromatic heterocycles. The third-order valence-corrected chi connectivity index (χ3v) is 1.37. The van der Waals surface area contributed by atoms with Crippen LogP contribution in [0.3, 0.4) is 0 Å². The van der Waals surface area contributed by atoms with Crippen LogP contribution in [0.5, 0.6) is 0 Å². The standard InChI is InChI=1S/C5H5F4N5O/c6-3(7)5(8,9)4(15)10-1-2-11-13-14-12-2/h3H,1H2,(H,10,15)(H,11,12,13,14). The highest BCUT2D eigenvalue weighted by Gasteiger charge is 2.48. The normalized spacial score (nSPS) is 11.8. The Morgan fingerprint density at radius 3 is 2.67 bits per heavy atom. The van der Waals surface area contributed by atoms with Gasteiger partial charge in [-0.15, -0.1) is 10.2 Å². The zero-order valence-corrected chi connectivity index (χ0v) is 7.05. The summed E-state index contributed by atoms with van der Waals surface area (Å²) in [5, 5.41) is 13.3. The van der Waals surface area contributed by atoms with E-state index < -0.39 is 24.8 Å². The summed E-state index contributed by atoms with van der Waals surface area (Å²) >= 11 is 0. The van der Waals surface area contributed by atoms with E-state index in [1.807, 2.05) is 5.21 Å². The van der Waals surface area contributed by atoms with Gasteiger partial charge in [-0.2, -0.15) is 14.0 Å². The van der Waals surface area contributed by atoms with Crippen LogP contribution >= 0.6 is 0 Å². The van der Waals surface area contributed by atoms with E-state index >= 15 is 0 Å². The van der Waals surface area contributed by atoms with E-state index in [1.54, 1.807) is 5.32 Å². The molecule has 0 saturated heterocycles. The second-order valence-corrected chi connectivity index (χ2v) is 2.43. The number of H-pyrrole nitrogens is 1. The highest BCUT2D eigenvalue weighted by Crippen LogP contribution is 2.22. The molecule has 1 aromatic rings. The highest BCUT2D eigenvalue weighted by molar-refractivity contribution is 5.83. The van der Waals surface area contributed by atoms with Crippen molar-refractivity contribution in [1.29, 1.82) is 0 Å². The Balaban J connectivity index is 2.49. The summed E-state index contributed by atoms with van der Waals surface area (Å²) in [6.07, 6.45) is -4.05. The molecular weight excluding hydrogens is 222 g/mol. The Kier molecular flexibility index (Phi) is 3.17. The van der Waals surface area contributed by atoms with Crippen molar-refractivity contribution in [2.75, 3.05) is 0 Å². The van der Waals surface area contributed by atoms with Gasteiger partial charge in [0.15, 0.2) is 5.82 Å². The van der Waals surface area contributed by atoms with Crippen LogP contribution in [-0.4, -0.2) is 38.9 Å². The summed E-state index contributed by atoms with van der Waals surface area (Å²) in [7, 11) is 0. The lowest BCUT2D eigenvalue weighted by atomic mass is 10.3. The summed E-state index contributed by atoms with van der Waals surface area (Å²) in [6.45, 7) is -0.502. The first-order valence-corrected chi connectivity index (χ1v) is 3.61. The molecule has 2 N–H and O–H groups in total. The second-order valence-electron chi connectivity index (χ2n) is 2.43. The maximum absolute atomic E-state index is 12.3. The minimum Gasteiger partial charge on any atom is -0.343 e. The fourth-order valence-electron chi connectivity index (χ4n) is 0.634. The average Bonchev–Trinajstić information content (AvgIpc) is 2.66. The molecule has 0 aromatic carbocycles. The van der Waals surface area contributed by atoms with Gasteiger partial charge < -0.3 is 5.32 Å². The van der Waals surface area contributed by atoms with E-state index in [-0.39, 0.29) is 5.82 Å². The van der Waals surface area contributed by atoms with Crippen LogP contribution in [0.15, 0.2) is 0 Å². The maximum Gasteiger partial charge on any atom is 0.383 e. The minimum absolute atomic E-state index is 0.0894. The molecule has 10 heteroatoms. The Bertz CT molecular complexity index is 326. The van der Waals surface area contributed by atoms with Crippen molar-refractivity contribution in [3.05, 3.63) is 5.82 Å². The first-order valence-electron chi connectivity index (χ1n) is 3.61. The van der Waals surface area contributed by atoms with Gasteiger partial charge >= 0.3 is 12.3 Å². The number of amides is 1. The SMILES string of the molecule is O=C(NCc1nn[nH]n1)C(F)(F)C(F)F. The average molecular weight is 227 g/mol. The predicted molar refractivity (Wildman–Crippen MR) is 37.0 cm³/mol. The van der Waals surface area contributed by atoms with Crippen LogP contribution < -0.4 is 5.32 Å². The first kappa shape index (κ1) is 11.3. The molecule has 0 fully saturated rings. The molecule has 0 aliphatic carbocycles. The lowest BCUT2D eigenvalue weighted by Gasteiger charge is -2.13. The Hall–Kier alpha value is -1.74. The monoisotopic (exact) mass is 227 g/mol. The number of rotatable bonds is 4. The lowest BCUT2D eigenvalue weighted by molar-refractivity contribution is -0.169. The van der Waals surface area contributed by atoms with Crippen molar-refractivity contribution in [2.24, 2.45) is 0 Å². The number of tetrazole rings is 1. The number of hydrogen-bond donors (Lipinski definition) is 2. The fourth-order valence-corrected chi connectivity index (χ4v) is 0.634. The Morgan fingerprint density at radius 2 is 2.20 bits per heavy atom. The van der Waals surface area contributed by atoms with E-state index in [1.165, 1.54) is 0 Å². The molecular formula is C5H5F4N5O. The van der Waals surface area contributed by atoms with Gasteiger partial charge in [-0.1, -0.05) is 5.21 Å². The summed E-state index contributed by atoms with van der Waals surface area (Å²) in [5.41, 5.74) is 0. The summed E-state index contributed by atoms with van der Waals surface area (Å²) in [4.78, 5) is 10.6. The molecule has 6 nitrogen and oxygen atoms in total. The molecule has 0 aliphatic heterocycles. The molecule has 0 radical (unpaired) electrons. The highest BCUT2D eigenvalue weighted by atomic mass is 19.3. The van der Waals surface area contributed by atoms with Crippen LogP contribution in [0.1, 0.15) is 5.82 Å². The molecule has 0 saturated carbocycles. The number of halogens is 4. The topological polar surface area (TPSA) is 83.6 Å². The van der Waals surface area contributed by atoms with Crippen molar-refractivity contribution in [1.82, 2.24) is 25.9 Å². The zero-order valence-electron chi connectivity index (χ0n) is 7.05. The van der Waals surface area contributed by atoms with E-state index in [0.29, 0.717) is 0 Å². The Morgan fingerprint density at radius 1 is 1.53 bits per heavy atom. The number of carbonyl (C=O) groups is 1. The zero-order chi connectivity index (χ0) is 11.5. The van der Waals surface area contributed by atoms with Gasteiger partial charge in [0.1, 0.15) is 0 Å². The van der Waals surface area contributed by atoms with Crippen LogP contribution in [0.2, 0.25) is 0 Å². The second kappa shape index (κ2) is 4.19. The maximum atomic E-state index is 12.3. The molecule has 1 heterocycles. The molecule has 1 rings (SSSR count). The third-order valence-electron chi connectivity index (χ3n) is 1.37. The van der Waals surface area contributed by atoms with Gasteiger partial charge in [0, 0.05) is 0 Å². The molecule has 15 heavy (non-hydrogen) atoms. The summed E-state index contributed by atoms with van der Waals surface area (Å²) in [5.74, 6) is -6.89. The lowest BCUT2D eigenvalue weighted by Crippen LogP contribution is -2.45. The predicted octanol–water partition coefficient (Wildman–Crippen LogP) is -0.284. The fraction of sp³-hybridized carbons (Fsp3) is 0.600. The van der Waals surface area contributed by atoms with Crippen LogP contribution in [0, 0.1) is 0 Å². The summed E-state index contributed by atoms with van der Waals surface area (Å²) < 4.78 is 48.0. The van der Waals surface area contributed by atoms with Crippen LogP contribution in [0.25, 0.3) is 0 Å². The molecule has 0 bridgehead atoms. The van der Waals surface area contributed by atoms with Gasteiger partial charge in [0.25, 0.3) is 5.91 Å². The van der Waals surface area contributed by atoms with Crippen LogP contribution in [0.4, 0.5) is 17.6 Å². The van der Waals surface area contributed by atoms with E-state index in [9.17, 15) is 22.4 Å². The van der Waals surface area contributed by atoms with Gasteiger partial charge in [-0.3, -0.25) is 4.79 Å². The van der Waals surface area contributed by atoms with Gasteiger partial charge in [-0.05, 0) is 0 Å². The van der Waals surface area contributed by atoms with Crippen molar-refractivity contribution < 1.29 is 22.4 Å². The van der Waals surface area contributed by atoms with Crippen molar-refractivity contribution in [3.8, 4) is 0 Å². The van der Waals surface area contributed by atoms with E-state index in [4.69, 9.17) is 0 Å². The smallest absolute Gasteiger partial charge is 0.343 e. The minimum atomic E-state index is -4.72. The number of nitrogens with zero attached hydrogens (tertiary/aromatic N) is 3. The first-order chi connectivity index (χ1) is 6.94. The van der Waals surface area contributed by atoms with Gasteiger partial charge in [-0.25, -0.2) is 8.78 Å². The largest absolute Gasteiger partial charge is 0.383 e. The number of alkyl halides is 4. The molecule has 0 spiro atoms.